The number of rotatable bonds is 4. The average molecular weight is 286 g/mol. The third-order valence-corrected chi connectivity index (χ3v) is 3.94. The van der Waals surface area contributed by atoms with Gasteiger partial charge in [0.25, 0.3) is 0 Å². The number of nitrogens with zero attached hydrogens (tertiary/aromatic N) is 1. The SMILES string of the molecule is Oc1c2ccccc2cn1CCCc1ccccc1Cl. The van der Waals surface area contributed by atoms with Crippen LogP contribution in [-0.2, 0) is 13.0 Å². The fraction of sp³-hybridized carbons (Fsp3) is 0.176. The molecule has 0 aliphatic heterocycles. The van der Waals surface area contributed by atoms with Crippen LogP contribution in [0.3, 0.4) is 0 Å². The van der Waals surface area contributed by atoms with Crippen molar-refractivity contribution in [1.82, 2.24) is 4.57 Å². The van der Waals surface area contributed by atoms with Gasteiger partial charge in [0.1, 0.15) is 0 Å². The van der Waals surface area contributed by atoms with Crippen LogP contribution in [0.5, 0.6) is 5.88 Å². The molecule has 0 aliphatic carbocycles. The quantitative estimate of drug-likeness (QED) is 0.742. The summed E-state index contributed by atoms with van der Waals surface area (Å²) >= 11 is 6.15. The summed E-state index contributed by atoms with van der Waals surface area (Å²) in [5, 5.41) is 13.0. The number of hydrogen-bond acceptors (Lipinski definition) is 1. The normalized spacial score (nSPS) is 11.1. The lowest BCUT2D eigenvalue weighted by molar-refractivity contribution is 0.418. The molecule has 2 aromatic carbocycles. The number of halogens is 1. The first-order valence-corrected chi connectivity index (χ1v) is 7.14. The number of hydrogen-bond donors (Lipinski definition) is 1. The Morgan fingerprint density at radius 2 is 1.75 bits per heavy atom. The van der Waals surface area contributed by atoms with Gasteiger partial charge in [0.15, 0.2) is 5.88 Å². The van der Waals surface area contributed by atoms with E-state index in [4.69, 9.17) is 11.6 Å². The van der Waals surface area contributed by atoms with Crippen LogP contribution in [0.1, 0.15) is 12.0 Å². The van der Waals surface area contributed by atoms with Crippen molar-refractivity contribution in [3.05, 3.63) is 65.3 Å². The van der Waals surface area contributed by atoms with Crippen LogP contribution in [0, 0.1) is 0 Å². The lowest BCUT2D eigenvalue weighted by Crippen LogP contribution is -1.97. The fourth-order valence-corrected chi connectivity index (χ4v) is 2.74. The van der Waals surface area contributed by atoms with Crippen molar-refractivity contribution >= 4 is 22.4 Å². The first kappa shape index (κ1) is 13.1. The van der Waals surface area contributed by atoms with E-state index in [2.05, 4.69) is 0 Å². The topological polar surface area (TPSA) is 25.2 Å². The van der Waals surface area contributed by atoms with Crippen molar-refractivity contribution < 1.29 is 5.11 Å². The molecule has 2 nitrogen and oxygen atoms in total. The monoisotopic (exact) mass is 285 g/mol. The molecule has 3 heteroatoms. The van der Waals surface area contributed by atoms with E-state index in [-0.39, 0.29) is 0 Å². The molecule has 0 amide bonds. The zero-order valence-electron chi connectivity index (χ0n) is 11.1. The highest BCUT2D eigenvalue weighted by Gasteiger charge is 2.07. The fourth-order valence-electron chi connectivity index (χ4n) is 2.51. The molecule has 0 saturated heterocycles. The summed E-state index contributed by atoms with van der Waals surface area (Å²) in [6.07, 6.45) is 3.85. The Labute approximate surface area is 123 Å². The van der Waals surface area contributed by atoms with E-state index < -0.39 is 0 Å². The predicted octanol–water partition coefficient (Wildman–Crippen LogP) is 4.63. The minimum atomic E-state index is 0.347. The molecule has 0 radical (unpaired) electrons. The Kier molecular flexibility index (Phi) is 3.66. The van der Waals surface area contributed by atoms with Gasteiger partial charge in [-0.2, -0.15) is 0 Å². The molecule has 0 fully saturated rings. The van der Waals surface area contributed by atoms with Crippen LogP contribution in [-0.4, -0.2) is 9.67 Å². The van der Waals surface area contributed by atoms with Gasteiger partial charge in [0.05, 0.1) is 0 Å². The molecule has 0 spiro atoms. The van der Waals surface area contributed by atoms with Crippen LogP contribution in [0.4, 0.5) is 0 Å². The highest BCUT2D eigenvalue weighted by Crippen LogP contribution is 2.27. The van der Waals surface area contributed by atoms with Gasteiger partial charge in [0, 0.05) is 28.5 Å². The third-order valence-electron chi connectivity index (χ3n) is 3.57. The maximum absolute atomic E-state index is 10.2. The summed E-state index contributed by atoms with van der Waals surface area (Å²) in [5.74, 6) is 0.347. The lowest BCUT2D eigenvalue weighted by Gasteiger charge is -2.06. The average Bonchev–Trinajstić information content (AvgIpc) is 2.78. The summed E-state index contributed by atoms with van der Waals surface area (Å²) in [4.78, 5) is 0. The van der Waals surface area contributed by atoms with Gasteiger partial charge in [-0.3, -0.25) is 0 Å². The second kappa shape index (κ2) is 5.59. The van der Waals surface area contributed by atoms with Crippen LogP contribution in [0.25, 0.3) is 10.8 Å². The molecule has 0 bridgehead atoms. The molecule has 1 N–H and O–H groups in total. The van der Waals surface area contributed by atoms with Crippen molar-refractivity contribution in [2.45, 2.75) is 19.4 Å². The van der Waals surface area contributed by atoms with E-state index >= 15 is 0 Å². The van der Waals surface area contributed by atoms with Gasteiger partial charge < -0.3 is 9.67 Å². The Balaban J connectivity index is 1.71. The highest BCUT2D eigenvalue weighted by atomic mass is 35.5. The lowest BCUT2D eigenvalue weighted by atomic mass is 10.1. The Morgan fingerprint density at radius 3 is 2.55 bits per heavy atom. The molecule has 102 valence electrons. The van der Waals surface area contributed by atoms with Gasteiger partial charge in [0.2, 0.25) is 0 Å². The van der Waals surface area contributed by atoms with Gasteiger partial charge >= 0.3 is 0 Å². The minimum absolute atomic E-state index is 0.347. The van der Waals surface area contributed by atoms with Crippen molar-refractivity contribution in [2.24, 2.45) is 0 Å². The maximum Gasteiger partial charge on any atom is 0.199 e. The van der Waals surface area contributed by atoms with Crippen molar-refractivity contribution in [1.29, 1.82) is 0 Å². The molecule has 0 saturated carbocycles. The molecule has 0 aliphatic rings. The summed E-state index contributed by atoms with van der Waals surface area (Å²) in [7, 11) is 0. The van der Waals surface area contributed by atoms with Crippen LogP contribution in [0.2, 0.25) is 5.02 Å². The molecule has 3 aromatic rings. The third kappa shape index (κ3) is 2.52. The molecule has 1 heterocycles. The molecule has 3 rings (SSSR count). The van der Waals surface area contributed by atoms with E-state index in [0.717, 1.165) is 40.7 Å². The van der Waals surface area contributed by atoms with Gasteiger partial charge in [-0.1, -0.05) is 48.0 Å². The predicted molar refractivity (Wildman–Crippen MR) is 83.4 cm³/mol. The van der Waals surface area contributed by atoms with Crippen LogP contribution >= 0.6 is 11.6 Å². The second-order valence-electron chi connectivity index (χ2n) is 4.93. The number of aromatic hydroxyl groups is 1. The second-order valence-corrected chi connectivity index (χ2v) is 5.34. The number of fused-ring (bicyclic) bond motifs is 1. The molecular formula is C17H16ClNO. The van der Waals surface area contributed by atoms with Crippen LogP contribution in [0.15, 0.2) is 54.7 Å². The number of benzene rings is 2. The Hall–Kier alpha value is -1.93. The number of aryl methyl sites for hydroxylation is 2. The molecule has 20 heavy (non-hydrogen) atoms. The summed E-state index contributed by atoms with van der Waals surface area (Å²) in [6, 6.07) is 15.8. The Morgan fingerprint density at radius 1 is 1.00 bits per heavy atom. The van der Waals surface area contributed by atoms with Crippen molar-refractivity contribution in [3.8, 4) is 5.88 Å². The first-order valence-electron chi connectivity index (χ1n) is 6.76. The van der Waals surface area contributed by atoms with E-state index in [0.29, 0.717) is 5.88 Å². The van der Waals surface area contributed by atoms with Crippen molar-refractivity contribution in [3.63, 3.8) is 0 Å². The molecule has 0 unspecified atom stereocenters. The van der Waals surface area contributed by atoms with Gasteiger partial charge in [-0.25, -0.2) is 0 Å². The van der Waals surface area contributed by atoms with Gasteiger partial charge in [-0.15, -0.1) is 0 Å². The smallest absolute Gasteiger partial charge is 0.199 e. The van der Waals surface area contributed by atoms with E-state index in [1.165, 1.54) is 0 Å². The molecule has 0 atom stereocenters. The first-order chi connectivity index (χ1) is 9.75. The van der Waals surface area contributed by atoms with E-state index in [1.807, 2.05) is 59.3 Å². The molecular weight excluding hydrogens is 270 g/mol. The number of aromatic nitrogens is 1. The van der Waals surface area contributed by atoms with Crippen LogP contribution < -0.4 is 0 Å². The zero-order chi connectivity index (χ0) is 13.9. The Bertz CT molecular complexity index is 733. The summed E-state index contributed by atoms with van der Waals surface area (Å²) in [5.41, 5.74) is 1.16. The standard InChI is InChI=1S/C17H16ClNO/c18-16-10-4-2-6-13(16)8-5-11-19-12-14-7-1-3-9-15(14)17(19)20/h1-4,6-7,9-10,12,20H,5,8,11H2. The summed E-state index contributed by atoms with van der Waals surface area (Å²) < 4.78 is 1.90. The van der Waals surface area contributed by atoms with Crippen molar-refractivity contribution in [2.75, 3.05) is 0 Å². The highest BCUT2D eigenvalue weighted by molar-refractivity contribution is 6.31. The zero-order valence-corrected chi connectivity index (χ0v) is 11.8. The van der Waals surface area contributed by atoms with Gasteiger partial charge in [-0.05, 0) is 30.5 Å². The largest absolute Gasteiger partial charge is 0.494 e. The summed E-state index contributed by atoms with van der Waals surface area (Å²) in [6.45, 7) is 0.783. The maximum atomic E-state index is 10.2. The van der Waals surface area contributed by atoms with E-state index in [1.54, 1.807) is 0 Å². The van der Waals surface area contributed by atoms with E-state index in [9.17, 15) is 5.11 Å². The minimum Gasteiger partial charge on any atom is -0.494 e. The molecule has 1 aromatic heterocycles.